The monoisotopic (exact) mass is 247 g/mol. The zero-order chi connectivity index (χ0) is 12.6. The first kappa shape index (κ1) is 16.1. The van der Waals surface area contributed by atoms with Crippen LogP contribution in [0.3, 0.4) is 0 Å². The summed E-state index contributed by atoms with van der Waals surface area (Å²) in [4.78, 5) is 0. The lowest BCUT2D eigenvalue weighted by Crippen LogP contribution is -2.49. The van der Waals surface area contributed by atoms with Gasteiger partial charge in [0.05, 0.1) is 0 Å². The molecule has 0 radical (unpaired) electrons. The standard InChI is InChI=1S/C12H29NO2Si/c1-7-8-9-13(16(14-5)15-6)12(4)10-11(2)3/h11-12,16H,7-10H2,1-6H3. The topological polar surface area (TPSA) is 21.7 Å². The second kappa shape index (κ2) is 9.16. The van der Waals surface area contributed by atoms with Crippen LogP contribution in [0.15, 0.2) is 0 Å². The molecule has 3 nitrogen and oxygen atoms in total. The molecule has 1 unspecified atom stereocenters. The zero-order valence-electron chi connectivity index (χ0n) is 11.8. The molecule has 4 heteroatoms. The van der Waals surface area contributed by atoms with Gasteiger partial charge in [-0.3, -0.25) is 4.57 Å². The summed E-state index contributed by atoms with van der Waals surface area (Å²) in [6, 6.07) is 0.558. The summed E-state index contributed by atoms with van der Waals surface area (Å²) in [5.41, 5.74) is 0. The number of hydrogen-bond acceptors (Lipinski definition) is 3. The lowest BCUT2D eigenvalue weighted by molar-refractivity contribution is 0.163. The van der Waals surface area contributed by atoms with E-state index < -0.39 is 9.45 Å². The van der Waals surface area contributed by atoms with Crippen LogP contribution >= 0.6 is 0 Å². The number of rotatable bonds is 9. The Morgan fingerprint density at radius 3 is 2.06 bits per heavy atom. The van der Waals surface area contributed by atoms with Gasteiger partial charge in [0.15, 0.2) is 0 Å². The van der Waals surface area contributed by atoms with E-state index in [2.05, 4.69) is 32.3 Å². The second-order valence-electron chi connectivity index (χ2n) is 4.85. The van der Waals surface area contributed by atoms with Crippen LogP contribution in [0.5, 0.6) is 0 Å². The van der Waals surface area contributed by atoms with Gasteiger partial charge >= 0.3 is 9.45 Å². The molecule has 0 fully saturated rings. The minimum atomic E-state index is -1.62. The molecule has 1 atom stereocenters. The van der Waals surface area contributed by atoms with Crippen molar-refractivity contribution in [2.45, 2.75) is 53.0 Å². The van der Waals surface area contributed by atoms with Gasteiger partial charge in [0, 0.05) is 20.3 Å². The molecule has 0 saturated heterocycles. The van der Waals surface area contributed by atoms with E-state index in [0.717, 1.165) is 12.5 Å². The van der Waals surface area contributed by atoms with Crippen molar-refractivity contribution in [2.24, 2.45) is 5.92 Å². The van der Waals surface area contributed by atoms with Crippen molar-refractivity contribution in [3.63, 3.8) is 0 Å². The maximum Gasteiger partial charge on any atom is 0.410 e. The van der Waals surface area contributed by atoms with E-state index in [9.17, 15) is 0 Å². The first-order valence-electron chi connectivity index (χ1n) is 6.38. The van der Waals surface area contributed by atoms with Crippen LogP contribution in [0.2, 0.25) is 0 Å². The highest BCUT2D eigenvalue weighted by atomic mass is 28.3. The Kier molecular flexibility index (Phi) is 9.22. The fraction of sp³-hybridized carbons (Fsp3) is 1.00. The zero-order valence-corrected chi connectivity index (χ0v) is 13.0. The fourth-order valence-electron chi connectivity index (χ4n) is 2.06. The average Bonchev–Trinajstić information content (AvgIpc) is 2.23. The fourth-order valence-corrected chi connectivity index (χ4v) is 3.72. The van der Waals surface area contributed by atoms with Crippen molar-refractivity contribution in [1.82, 2.24) is 4.57 Å². The maximum absolute atomic E-state index is 5.50. The van der Waals surface area contributed by atoms with Gasteiger partial charge in [0.1, 0.15) is 0 Å². The highest BCUT2D eigenvalue weighted by molar-refractivity contribution is 6.40. The smallest absolute Gasteiger partial charge is 0.388 e. The predicted octanol–water partition coefficient (Wildman–Crippen LogP) is 2.53. The van der Waals surface area contributed by atoms with E-state index in [1.807, 2.05) is 0 Å². The van der Waals surface area contributed by atoms with Gasteiger partial charge < -0.3 is 8.85 Å². The van der Waals surface area contributed by atoms with E-state index in [-0.39, 0.29) is 0 Å². The van der Waals surface area contributed by atoms with Gasteiger partial charge in [-0.25, -0.2) is 0 Å². The second-order valence-corrected chi connectivity index (χ2v) is 7.07. The lowest BCUT2D eigenvalue weighted by atomic mass is 10.1. The lowest BCUT2D eigenvalue weighted by Gasteiger charge is -2.33. The van der Waals surface area contributed by atoms with Crippen molar-refractivity contribution >= 4 is 9.45 Å². The van der Waals surface area contributed by atoms with Crippen molar-refractivity contribution < 1.29 is 8.85 Å². The third-order valence-corrected chi connectivity index (χ3v) is 4.94. The van der Waals surface area contributed by atoms with Gasteiger partial charge in [0.25, 0.3) is 0 Å². The van der Waals surface area contributed by atoms with E-state index in [1.54, 1.807) is 14.2 Å². The highest BCUT2D eigenvalue weighted by Gasteiger charge is 2.26. The van der Waals surface area contributed by atoms with E-state index >= 15 is 0 Å². The summed E-state index contributed by atoms with van der Waals surface area (Å²) >= 11 is 0. The molecule has 0 aromatic carbocycles. The normalized spacial score (nSPS) is 14.1. The summed E-state index contributed by atoms with van der Waals surface area (Å²) < 4.78 is 13.5. The molecular formula is C12H29NO2Si. The maximum atomic E-state index is 5.50. The van der Waals surface area contributed by atoms with Crippen molar-refractivity contribution in [3.05, 3.63) is 0 Å². The molecule has 0 aromatic heterocycles. The Labute approximate surface area is 103 Å². The highest BCUT2D eigenvalue weighted by Crippen LogP contribution is 2.14. The van der Waals surface area contributed by atoms with Gasteiger partial charge in [-0.05, 0) is 25.3 Å². The summed E-state index contributed by atoms with van der Waals surface area (Å²) in [6.45, 7) is 10.1. The minimum Gasteiger partial charge on any atom is -0.388 e. The molecule has 0 bridgehead atoms. The summed E-state index contributed by atoms with van der Waals surface area (Å²) in [5, 5.41) is 0. The molecule has 0 N–H and O–H groups in total. The van der Waals surface area contributed by atoms with Crippen LogP contribution in [-0.4, -0.2) is 40.8 Å². The average molecular weight is 247 g/mol. The van der Waals surface area contributed by atoms with Crippen molar-refractivity contribution in [1.29, 1.82) is 0 Å². The Balaban J connectivity index is 4.37. The van der Waals surface area contributed by atoms with Crippen LogP contribution < -0.4 is 0 Å². The molecule has 0 aliphatic heterocycles. The quantitative estimate of drug-likeness (QED) is 0.585. The summed E-state index contributed by atoms with van der Waals surface area (Å²) in [5.74, 6) is 0.725. The molecule has 0 amide bonds. The molecule has 98 valence electrons. The molecule has 0 aliphatic carbocycles. The number of hydrogen-bond donors (Lipinski definition) is 0. The number of unbranched alkanes of at least 4 members (excludes halogenated alkanes) is 1. The number of nitrogens with zero attached hydrogens (tertiary/aromatic N) is 1. The Morgan fingerprint density at radius 2 is 1.69 bits per heavy atom. The largest absolute Gasteiger partial charge is 0.410 e. The third-order valence-electron chi connectivity index (χ3n) is 2.82. The molecule has 0 aromatic rings. The molecule has 16 heavy (non-hydrogen) atoms. The third kappa shape index (κ3) is 5.99. The van der Waals surface area contributed by atoms with E-state index in [1.165, 1.54) is 19.3 Å². The first-order chi connectivity index (χ1) is 7.56. The molecule has 0 saturated carbocycles. The first-order valence-corrected chi connectivity index (χ1v) is 7.84. The molecule has 0 heterocycles. The molecule has 0 spiro atoms. The van der Waals surface area contributed by atoms with Crippen LogP contribution in [0.4, 0.5) is 0 Å². The van der Waals surface area contributed by atoms with Crippen LogP contribution in [0.25, 0.3) is 0 Å². The van der Waals surface area contributed by atoms with Gasteiger partial charge in [-0.2, -0.15) is 0 Å². The van der Waals surface area contributed by atoms with Gasteiger partial charge in [-0.1, -0.05) is 34.1 Å². The SMILES string of the molecule is CCCCN(C(C)CC(C)C)[SiH](OC)OC. The van der Waals surface area contributed by atoms with Crippen LogP contribution in [-0.2, 0) is 8.85 Å². The van der Waals surface area contributed by atoms with Gasteiger partial charge in [0.2, 0.25) is 0 Å². The summed E-state index contributed by atoms with van der Waals surface area (Å²) in [6.07, 6.45) is 3.65. The van der Waals surface area contributed by atoms with E-state index in [4.69, 9.17) is 8.85 Å². The van der Waals surface area contributed by atoms with Crippen LogP contribution in [0.1, 0.15) is 47.0 Å². The molecule has 0 aliphatic rings. The molecular weight excluding hydrogens is 218 g/mol. The predicted molar refractivity (Wildman–Crippen MR) is 71.7 cm³/mol. The van der Waals surface area contributed by atoms with Crippen LogP contribution in [0, 0.1) is 5.92 Å². The Hall–Kier alpha value is 0.0969. The van der Waals surface area contributed by atoms with Crippen molar-refractivity contribution in [2.75, 3.05) is 20.8 Å². The van der Waals surface area contributed by atoms with Crippen molar-refractivity contribution in [3.8, 4) is 0 Å². The summed E-state index contributed by atoms with van der Waals surface area (Å²) in [7, 11) is 1.91. The Morgan fingerprint density at radius 1 is 1.12 bits per heavy atom. The Bertz CT molecular complexity index is 163. The van der Waals surface area contributed by atoms with Gasteiger partial charge in [-0.15, -0.1) is 0 Å². The molecule has 0 rings (SSSR count). The van der Waals surface area contributed by atoms with E-state index in [0.29, 0.717) is 6.04 Å². The minimum absolute atomic E-state index is 0.558.